The summed E-state index contributed by atoms with van der Waals surface area (Å²) in [4.78, 5) is 10.9. The fraction of sp³-hybridized carbons (Fsp3) is 0.222. The summed E-state index contributed by atoms with van der Waals surface area (Å²) < 4.78 is 30.9. The van der Waals surface area contributed by atoms with Crippen LogP contribution >= 0.6 is 15.9 Å². The normalized spacial score (nSPS) is 20.2. The number of rotatable bonds is 0. The van der Waals surface area contributed by atoms with Crippen LogP contribution in [0.4, 0.5) is 8.78 Å². The van der Waals surface area contributed by atoms with E-state index in [0.717, 1.165) is 6.07 Å². The molecule has 1 unspecified atom stereocenters. The molecule has 0 radical (unpaired) electrons. The topological polar surface area (TPSA) is 26.3 Å². The van der Waals surface area contributed by atoms with Crippen LogP contribution in [0.25, 0.3) is 0 Å². The van der Waals surface area contributed by atoms with E-state index in [2.05, 4.69) is 15.9 Å². The molecule has 0 fully saturated rings. The molecule has 1 aliphatic rings. The quantitative estimate of drug-likeness (QED) is 0.671. The molecular formula is C9H5BrF2O2. The van der Waals surface area contributed by atoms with E-state index in [4.69, 9.17) is 4.74 Å². The number of hydrogen-bond donors (Lipinski definition) is 0. The van der Waals surface area contributed by atoms with Crippen molar-refractivity contribution in [1.29, 1.82) is 0 Å². The van der Waals surface area contributed by atoms with E-state index in [-0.39, 0.29) is 23.7 Å². The zero-order chi connectivity index (χ0) is 10.3. The number of alkyl halides is 1. The van der Waals surface area contributed by atoms with Gasteiger partial charge in [0.25, 0.3) is 0 Å². The van der Waals surface area contributed by atoms with Gasteiger partial charge in [-0.3, -0.25) is 4.79 Å². The first kappa shape index (κ1) is 9.58. The fourth-order valence-corrected chi connectivity index (χ4v) is 1.67. The molecule has 1 aromatic rings. The number of fused-ring (bicyclic) bond motifs is 1. The first-order valence-electron chi connectivity index (χ1n) is 3.89. The van der Waals surface area contributed by atoms with Crippen molar-refractivity contribution in [3.63, 3.8) is 0 Å². The zero-order valence-electron chi connectivity index (χ0n) is 6.89. The molecule has 5 heteroatoms. The highest BCUT2D eigenvalue weighted by Gasteiger charge is 2.29. The van der Waals surface area contributed by atoms with Gasteiger partial charge in [0.15, 0.2) is 17.3 Å². The van der Waals surface area contributed by atoms with E-state index >= 15 is 0 Å². The molecular weight excluding hydrogens is 258 g/mol. The molecule has 2 rings (SSSR count). The lowest BCUT2D eigenvalue weighted by molar-refractivity contribution is 0.0941. The Labute approximate surface area is 87.0 Å². The molecule has 0 amide bonds. The summed E-state index contributed by atoms with van der Waals surface area (Å²) in [5, 5.41) is 0. The van der Waals surface area contributed by atoms with Gasteiger partial charge in [0, 0.05) is 6.07 Å². The van der Waals surface area contributed by atoms with Gasteiger partial charge < -0.3 is 4.74 Å². The second-order valence-corrected chi connectivity index (χ2v) is 4.01. The predicted octanol–water partition coefficient (Wildman–Crippen LogP) is 2.30. The van der Waals surface area contributed by atoms with Crippen molar-refractivity contribution in [2.24, 2.45) is 0 Å². The van der Waals surface area contributed by atoms with Gasteiger partial charge in [-0.05, 0) is 6.07 Å². The lowest BCUT2D eigenvalue weighted by Crippen LogP contribution is -2.28. The van der Waals surface area contributed by atoms with E-state index in [1.165, 1.54) is 0 Å². The van der Waals surface area contributed by atoms with Crippen molar-refractivity contribution in [1.82, 2.24) is 0 Å². The predicted molar refractivity (Wildman–Crippen MR) is 48.9 cm³/mol. The van der Waals surface area contributed by atoms with Gasteiger partial charge in [0.1, 0.15) is 17.3 Å². The monoisotopic (exact) mass is 262 g/mol. The summed E-state index contributed by atoms with van der Waals surface area (Å²) in [6.07, 6.45) is 0. The van der Waals surface area contributed by atoms with Gasteiger partial charge >= 0.3 is 0 Å². The van der Waals surface area contributed by atoms with Crippen LogP contribution in [0.3, 0.4) is 0 Å². The van der Waals surface area contributed by atoms with E-state index in [9.17, 15) is 13.6 Å². The van der Waals surface area contributed by atoms with Crippen molar-refractivity contribution in [2.45, 2.75) is 4.83 Å². The van der Waals surface area contributed by atoms with Gasteiger partial charge in [0.05, 0.1) is 5.56 Å². The number of carbonyl (C=O) groups excluding carboxylic acids is 1. The minimum absolute atomic E-state index is 0.0457. The molecule has 0 aromatic heterocycles. The van der Waals surface area contributed by atoms with Crippen LogP contribution in [0.15, 0.2) is 12.1 Å². The maximum absolute atomic E-state index is 13.1. The number of benzene rings is 1. The molecule has 0 spiro atoms. The van der Waals surface area contributed by atoms with E-state index in [1.54, 1.807) is 0 Å². The second kappa shape index (κ2) is 3.31. The van der Waals surface area contributed by atoms with E-state index < -0.39 is 16.5 Å². The molecule has 1 atom stereocenters. The van der Waals surface area contributed by atoms with Crippen LogP contribution in [-0.2, 0) is 0 Å². The molecule has 1 heterocycles. The Morgan fingerprint density at radius 3 is 2.86 bits per heavy atom. The maximum Gasteiger partial charge on any atom is 0.183 e. The van der Waals surface area contributed by atoms with Gasteiger partial charge in [-0.2, -0.15) is 0 Å². The minimum Gasteiger partial charge on any atom is -0.488 e. The summed E-state index contributed by atoms with van der Waals surface area (Å²) in [6, 6.07) is 1.68. The van der Waals surface area contributed by atoms with E-state index in [0.29, 0.717) is 6.07 Å². The van der Waals surface area contributed by atoms with Gasteiger partial charge in [0.2, 0.25) is 0 Å². The third kappa shape index (κ3) is 1.41. The van der Waals surface area contributed by atoms with Gasteiger partial charge in [-0.1, -0.05) is 15.9 Å². The molecule has 0 bridgehead atoms. The zero-order valence-corrected chi connectivity index (χ0v) is 8.48. The first-order valence-corrected chi connectivity index (χ1v) is 4.81. The summed E-state index contributed by atoms with van der Waals surface area (Å²) in [5.74, 6) is -2.13. The molecule has 0 aliphatic carbocycles. The van der Waals surface area contributed by atoms with Crippen LogP contribution < -0.4 is 4.74 Å². The molecule has 0 N–H and O–H groups in total. The summed E-state index contributed by atoms with van der Waals surface area (Å²) in [7, 11) is 0. The Kier molecular flexibility index (Phi) is 2.26. The number of halogens is 3. The van der Waals surface area contributed by atoms with Gasteiger partial charge in [-0.25, -0.2) is 8.78 Å². The standard InChI is InChI=1S/C9H5BrF2O2/c10-6-3-14-9-5(8(6)13)1-4(11)2-7(9)12/h1-2,6H,3H2. The largest absolute Gasteiger partial charge is 0.488 e. The fourth-order valence-electron chi connectivity index (χ4n) is 1.29. The van der Waals surface area contributed by atoms with Crippen molar-refractivity contribution < 1.29 is 18.3 Å². The maximum atomic E-state index is 13.1. The number of carbonyl (C=O) groups is 1. The number of ether oxygens (including phenoxy) is 1. The highest BCUT2D eigenvalue weighted by molar-refractivity contribution is 9.10. The Hall–Kier alpha value is -0.970. The van der Waals surface area contributed by atoms with E-state index in [1.807, 2.05) is 0 Å². The lowest BCUT2D eigenvalue weighted by atomic mass is 10.0. The number of Topliss-reactive ketones (excluding diaryl/α,β-unsaturated/α-hetero) is 1. The first-order chi connectivity index (χ1) is 6.59. The summed E-state index contributed by atoms with van der Waals surface area (Å²) in [6.45, 7) is 0.0639. The van der Waals surface area contributed by atoms with Crippen LogP contribution in [0.1, 0.15) is 10.4 Å². The average Bonchev–Trinajstić information content (AvgIpc) is 2.12. The van der Waals surface area contributed by atoms with Crippen molar-refractivity contribution >= 4 is 21.7 Å². The minimum atomic E-state index is -0.840. The average molecular weight is 263 g/mol. The molecule has 2 nitrogen and oxygen atoms in total. The molecule has 0 saturated heterocycles. The lowest BCUT2D eigenvalue weighted by Gasteiger charge is -2.20. The third-order valence-electron chi connectivity index (χ3n) is 1.93. The van der Waals surface area contributed by atoms with Crippen LogP contribution in [0.5, 0.6) is 5.75 Å². The second-order valence-electron chi connectivity index (χ2n) is 2.91. The van der Waals surface area contributed by atoms with Gasteiger partial charge in [-0.15, -0.1) is 0 Å². The summed E-state index contributed by atoms with van der Waals surface area (Å²) in [5.41, 5.74) is -0.0457. The number of ketones is 1. The van der Waals surface area contributed by atoms with Crippen molar-refractivity contribution in [3.8, 4) is 5.75 Å². The molecule has 74 valence electrons. The smallest absolute Gasteiger partial charge is 0.183 e. The molecule has 1 aliphatic heterocycles. The Morgan fingerprint density at radius 2 is 2.14 bits per heavy atom. The van der Waals surface area contributed by atoms with Crippen LogP contribution in [-0.4, -0.2) is 17.2 Å². The Morgan fingerprint density at radius 1 is 1.43 bits per heavy atom. The Balaban J connectivity index is 2.60. The highest BCUT2D eigenvalue weighted by Crippen LogP contribution is 2.30. The molecule has 14 heavy (non-hydrogen) atoms. The Bertz CT molecular complexity index is 406. The highest BCUT2D eigenvalue weighted by atomic mass is 79.9. The number of hydrogen-bond acceptors (Lipinski definition) is 2. The molecule has 0 saturated carbocycles. The van der Waals surface area contributed by atoms with Crippen molar-refractivity contribution in [2.75, 3.05) is 6.61 Å². The molecule has 1 aromatic carbocycles. The van der Waals surface area contributed by atoms with Crippen LogP contribution in [0, 0.1) is 11.6 Å². The van der Waals surface area contributed by atoms with Crippen LogP contribution in [0.2, 0.25) is 0 Å². The van der Waals surface area contributed by atoms with Crippen molar-refractivity contribution in [3.05, 3.63) is 29.3 Å². The summed E-state index contributed by atoms with van der Waals surface area (Å²) >= 11 is 3.05. The SMILES string of the molecule is O=C1c2cc(F)cc(F)c2OCC1Br. The third-order valence-corrected chi connectivity index (χ3v) is 2.61.